The Morgan fingerprint density at radius 3 is 2.29 bits per heavy atom. The molecular formula is C16H15ClN2O2. The average Bonchev–Trinajstić information content (AvgIpc) is 2.53. The van der Waals surface area contributed by atoms with Crippen molar-refractivity contribution >= 4 is 23.2 Å². The highest BCUT2D eigenvalue weighted by Crippen LogP contribution is 2.38. The van der Waals surface area contributed by atoms with Crippen LogP contribution in [0.2, 0.25) is 5.02 Å². The summed E-state index contributed by atoms with van der Waals surface area (Å²) < 4.78 is 5.15. The Morgan fingerprint density at radius 1 is 1.10 bits per heavy atom. The Bertz CT molecular complexity index is 655. The molecule has 0 spiro atoms. The van der Waals surface area contributed by atoms with E-state index >= 15 is 0 Å². The Kier molecular flexibility index (Phi) is 3.57. The van der Waals surface area contributed by atoms with Crippen LogP contribution in [0.1, 0.15) is 11.6 Å². The van der Waals surface area contributed by atoms with Gasteiger partial charge in [0.15, 0.2) is 0 Å². The number of β-lactam (4-membered cyclic amide) rings is 1. The molecule has 1 fully saturated rings. The highest BCUT2D eigenvalue weighted by Gasteiger charge is 2.46. The van der Waals surface area contributed by atoms with Gasteiger partial charge < -0.3 is 15.4 Å². The lowest BCUT2D eigenvalue weighted by atomic mass is 9.88. The van der Waals surface area contributed by atoms with Crippen LogP contribution < -0.4 is 15.4 Å². The first kappa shape index (κ1) is 13.9. The number of methoxy groups -OCH3 is 1. The third-order valence-electron chi connectivity index (χ3n) is 3.70. The molecule has 0 bridgehead atoms. The molecule has 2 aromatic carbocycles. The highest BCUT2D eigenvalue weighted by molar-refractivity contribution is 6.30. The number of hydrogen-bond donors (Lipinski definition) is 1. The minimum absolute atomic E-state index is 0.0851. The normalized spacial score (nSPS) is 21.1. The Hall–Kier alpha value is -2.04. The standard InChI is InChI=1S/C16H15ClN2O2/c1-21-13-8-2-10(3-9-13)15-14(18)16(20)19(15)12-6-4-11(17)5-7-12/h2-9,14-15H,18H2,1H3. The van der Waals surface area contributed by atoms with Gasteiger partial charge in [0.05, 0.1) is 13.2 Å². The molecule has 0 saturated carbocycles. The molecule has 2 atom stereocenters. The van der Waals surface area contributed by atoms with Gasteiger partial charge >= 0.3 is 0 Å². The van der Waals surface area contributed by atoms with E-state index in [2.05, 4.69) is 0 Å². The van der Waals surface area contributed by atoms with E-state index in [-0.39, 0.29) is 11.9 Å². The summed E-state index contributed by atoms with van der Waals surface area (Å²) in [5.74, 6) is 0.689. The zero-order valence-electron chi connectivity index (χ0n) is 11.5. The van der Waals surface area contributed by atoms with E-state index in [1.54, 1.807) is 24.1 Å². The van der Waals surface area contributed by atoms with Crippen molar-refractivity contribution in [3.63, 3.8) is 0 Å². The molecule has 2 unspecified atom stereocenters. The van der Waals surface area contributed by atoms with Crippen molar-refractivity contribution in [2.45, 2.75) is 12.1 Å². The predicted molar refractivity (Wildman–Crippen MR) is 82.6 cm³/mol. The van der Waals surface area contributed by atoms with Crippen LogP contribution in [0.25, 0.3) is 0 Å². The SMILES string of the molecule is COc1ccc(C2C(N)C(=O)N2c2ccc(Cl)cc2)cc1. The molecule has 1 heterocycles. The fraction of sp³-hybridized carbons (Fsp3) is 0.188. The minimum Gasteiger partial charge on any atom is -0.497 e. The van der Waals surface area contributed by atoms with Crippen LogP contribution in [0.4, 0.5) is 5.69 Å². The van der Waals surface area contributed by atoms with Gasteiger partial charge in [0.1, 0.15) is 11.8 Å². The lowest BCUT2D eigenvalue weighted by Crippen LogP contribution is -2.63. The van der Waals surface area contributed by atoms with Gasteiger partial charge in [-0.05, 0) is 42.0 Å². The van der Waals surface area contributed by atoms with Gasteiger partial charge in [0.25, 0.3) is 0 Å². The summed E-state index contributed by atoms with van der Waals surface area (Å²) in [7, 11) is 1.62. The van der Waals surface area contributed by atoms with Gasteiger partial charge in [-0.2, -0.15) is 0 Å². The summed E-state index contributed by atoms with van der Waals surface area (Å²) in [6, 6.07) is 14.1. The number of nitrogens with zero attached hydrogens (tertiary/aromatic N) is 1. The second-order valence-electron chi connectivity index (χ2n) is 4.93. The number of ether oxygens (including phenoxy) is 1. The molecule has 0 aromatic heterocycles. The molecule has 4 nitrogen and oxygen atoms in total. The van der Waals surface area contributed by atoms with Crippen LogP contribution in [-0.2, 0) is 4.79 Å². The number of rotatable bonds is 3. The number of anilines is 1. The van der Waals surface area contributed by atoms with Crippen LogP contribution >= 0.6 is 11.6 Å². The Balaban J connectivity index is 1.92. The summed E-state index contributed by atoms with van der Waals surface area (Å²) in [4.78, 5) is 13.8. The molecular weight excluding hydrogens is 288 g/mol. The van der Waals surface area contributed by atoms with Gasteiger partial charge in [0.2, 0.25) is 5.91 Å². The van der Waals surface area contributed by atoms with Crippen molar-refractivity contribution in [3.05, 3.63) is 59.1 Å². The second-order valence-corrected chi connectivity index (χ2v) is 5.36. The lowest BCUT2D eigenvalue weighted by molar-refractivity contribution is -0.126. The summed E-state index contributed by atoms with van der Waals surface area (Å²) in [6.45, 7) is 0. The number of nitrogens with two attached hydrogens (primary N) is 1. The summed E-state index contributed by atoms with van der Waals surface area (Å²) in [5.41, 5.74) is 7.76. The van der Waals surface area contributed by atoms with E-state index in [1.165, 1.54) is 0 Å². The van der Waals surface area contributed by atoms with Crippen molar-refractivity contribution in [2.75, 3.05) is 12.0 Å². The maximum Gasteiger partial charge on any atom is 0.247 e. The molecule has 5 heteroatoms. The average molecular weight is 303 g/mol. The maximum absolute atomic E-state index is 12.1. The molecule has 2 aromatic rings. The maximum atomic E-state index is 12.1. The van der Waals surface area contributed by atoms with E-state index < -0.39 is 6.04 Å². The number of hydrogen-bond acceptors (Lipinski definition) is 3. The fourth-order valence-electron chi connectivity index (χ4n) is 2.56. The van der Waals surface area contributed by atoms with Crippen molar-refractivity contribution in [1.82, 2.24) is 0 Å². The molecule has 3 rings (SSSR count). The first-order chi connectivity index (χ1) is 10.1. The Morgan fingerprint density at radius 2 is 1.71 bits per heavy atom. The third-order valence-corrected chi connectivity index (χ3v) is 3.96. The van der Waals surface area contributed by atoms with E-state index in [0.29, 0.717) is 5.02 Å². The summed E-state index contributed by atoms with van der Waals surface area (Å²) in [5, 5.41) is 0.636. The molecule has 1 aliphatic rings. The van der Waals surface area contributed by atoms with Gasteiger partial charge in [-0.15, -0.1) is 0 Å². The number of carbonyl (C=O) groups is 1. The second kappa shape index (κ2) is 5.39. The zero-order valence-corrected chi connectivity index (χ0v) is 12.2. The minimum atomic E-state index is -0.519. The molecule has 1 saturated heterocycles. The van der Waals surface area contributed by atoms with E-state index in [9.17, 15) is 4.79 Å². The number of carbonyl (C=O) groups excluding carboxylic acids is 1. The predicted octanol–water partition coefficient (Wildman–Crippen LogP) is 2.76. The van der Waals surface area contributed by atoms with Crippen molar-refractivity contribution in [1.29, 1.82) is 0 Å². The zero-order chi connectivity index (χ0) is 15.0. The van der Waals surface area contributed by atoms with Crippen molar-refractivity contribution in [3.8, 4) is 5.75 Å². The number of amides is 1. The first-order valence-corrected chi connectivity index (χ1v) is 6.98. The van der Waals surface area contributed by atoms with Gasteiger partial charge in [-0.1, -0.05) is 23.7 Å². The van der Waals surface area contributed by atoms with Gasteiger partial charge in [0, 0.05) is 10.7 Å². The van der Waals surface area contributed by atoms with E-state index in [4.69, 9.17) is 22.1 Å². The third kappa shape index (κ3) is 2.37. The van der Waals surface area contributed by atoms with Gasteiger partial charge in [-0.25, -0.2) is 0 Å². The summed E-state index contributed by atoms with van der Waals surface area (Å²) in [6.07, 6.45) is 0. The van der Waals surface area contributed by atoms with Crippen LogP contribution in [0, 0.1) is 0 Å². The smallest absolute Gasteiger partial charge is 0.247 e. The first-order valence-electron chi connectivity index (χ1n) is 6.60. The van der Waals surface area contributed by atoms with E-state index in [1.807, 2.05) is 36.4 Å². The molecule has 108 valence electrons. The summed E-state index contributed by atoms with van der Waals surface area (Å²) >= 11 is 5.89. The molecule has 21 heavy (non-hydrogen) atoms. The van der Waals surface area contributed by atoms with Crippen LogP contribution in [0.3, 0.4) is 0 Å². The number of benzene rings is 2. The largest absolute Gasteiger partial charge is 0.497 e. The topological polar surface area (TPSA) is 55.6 Å². The fourth-order valence-corrected chi connectivity index (χ4v) is 2.68. The molecule has 2 N–H and O–H groups in total. The molecule has 0 aliphatic carbocycles. The van der Waals surface area contributed by atoms with Crippen LogP contribution in [0.5, 0.6) is 5.75 Å². The monoisotopic (exact) mass is 302 g/mol. The number of halogens is 1. The van der Waals surface area contributed by atoms with Gasteiger partial charge in [-0.3, -0.25) is 4.79 Å². The Labute approximate surface area is 128 Å². The van der Waals surface area contributed by atoms with Crippen molar-refractivity contribution < 1.29 is 9.53 Å². The molecule has 1 amide bonds. The quantitative estimate of drug-likeness (QED) is 0.887. The molecule has 1 aliphatic heterocycles. The van der Waals surface area contributed by atoms with Crippen LogP contribution in [-0.4, -0.2) is 19.1 Å². The highest BCUT2D eigenvalue weighted by atomic mass is 35.5. The van der Waals surface area contributed by atoms with E-state index in [0.717, 1.165) is 17.0 Å². The molecule has 0 radical (unpaired) electrons. The van der Waals surface area contributed by atoms with Crippen molar-refractivity contribution in [2.24, 2.45) is 5.73 Å². The lowest BCUT2D eigenvalue weighted by Gasteiger charge is -2.45. The van der Waals surface area contributed by atoms with Crippen LogP contribution in [0.15, 0.2) is 48.5 Å².